The zero-order valence-electron chi connectivity index (χ0n) is 20.4. The number of aromatic nitrogens is 2. The summed E-state index contributed by atoms with van der Waals surface area (Å²) in [4.78, 5) is 18.7. The molecule has 2 aromatic carbocycles. The van der Waals surface area contributed by atoms with E-state index in [0.717, 1.165) is 28.5 Å². The number of anilines is 2. The van der Waals surface area contributed by atoms with Crippen LogP contribution in [-0.4, -0.2) is 34.3 Å². The molecule has 7 nitrogen and oxygen atoms in total. The number of halogens is 1. The lowest BCUT2D eigenvalue weighted by atomic mass is 10.0. The predicted octanol–water partition coefficient (Wildman–Crippen LogP) is 5.60. The van der Waals surface area contributed by atoms with Crippen molar-refractivity contribution in [2.45, 2.75) is 19.0 Å². The first-order valence-corrected chi connectivity index (χ1v) is 12.6. The second-order valence-electron chi connectivity index (χ2n) is 8.71. The molecule has 3 heterocycles. The fraction of sp³-hybridized carbons (Fsp3) is 0.179. The molecular weight excluding hydrogens is 506 g/mol. The van der Waals surface area contributed by atoms with E-state index in [-0.39, 0.29) is 24.6 Å². The number of benzene rings is 2. The van der Waals surface area contributed by atoms with Gasteiger partial charge in [-0.25, -0.2) is 0 Å². The zero-order valence-corrected chi connectivity index (χ0v) is 22.0. The number of carbonyl (C=O) groups is 1. The molecule has 9 heteroatoms. The molecule has 0 radical (unpaired) electrons. The van der Waals surface area contributed by atoms with Gasteiger partial charge in [0.1, 0.15) is 12.6 Å². The Hall–Kier alpha value is -3.72. The van der Waals surface area contributed by atoms with Gasteiger partial charge < -0.3 is 24.8 Å². The fourth-order valence-corrected chi connectivity index (χ4v) is 5.29. The van der Waals surface area contributed by atoms with Crippen molar-refractivity contribution in [2.75, 3.05) is 23.9 Å². The van der Waals surface area contributed by atoms with Crippen molar-refractivity contribution in [3.8, 4) is 5.69 Å². The van der Waals surface area contributed by atoms with E-state index < -0.39 is 0 Å². The van der Waals surface area contributed by atoms with Gasteiger partial charge in [0.2, 0.25) is 5.91 Å². The molecule has 2 aromatic heterocycles. The molecule has 1 aliphatic heterocycles. The first-order valence-electron chi connectivity index (χ1n) is 11.8. The van der Waals surface area contributed by atoms with Crippen LogP contribution in [0.25, 0.3) is 5.69 Å². The van der Waals surface area contributed by atoms with Gasteiger partial charge in [0.15, 0.2) is 5.11 Å². The summed E-state index contributed by atoms with van der Waals surface area (Å²) in [5, 5.41) is 7.23. The van der Waals surface area contributed by atoms with Crippen molar-refractivity contribution in [3.63, 3.8) is 0 Å². The van der Waals surface area contributed by atoms with Gasteiger partial charge in [-0.2, -0.15) is 0 Å². The Kier molecular flexibility index (Phi) is 7.23. The molecule has 0 bridgehead atoms. The smallest absolute Gasteiger partial charge is 0.250 e. The first kappa shape index (κ1) is 25.0. The van der Waals surface area contributed by atoms with E-state index >= 15 is 0 Å². The maximum Gasteiger partial charge on any atom is 0.250 e. The van der Waals surface area contributed by atoms with Crippen molar-refractivity contribution in [1.82, 2.24) is 14.9 Å². The predicted molar refractivity (Wildman–Crippen MR) is 150 cm³/mol. The third-order valence-corrected chi connectivity index (χ3v) is 6.93. The number of rotatable bonds is 7. The molecule has 188 valence electrons. The highest BCUT2D eigenvalue weighted by Gasteiger charge is 2.42. The summed E-state index contributed by atoms with van der Waals surface area (Å²) in [5.74, 6) is -0.278. The van der Waals surface area contributed by atoms with Crippen LogP contribution in [0.1, 0.15) is 29.2 Å². The molecule has 1 aliphatic rings. The third kappa shape index (κ3) is 4.96. The Morgan fingerprint density at radius 1 is 1.08 bits per heavy atom. The fourth-order valence-electron chi connectivity index (χ4n) is 4.73. The standard InChI is InChI=1S/C28H26ClN5O2S/c1-18-11-14-24(33(18)19-8-4-3-5-9-19)27-26(23-10-6-7-15-30-23)32-28(37)34(27)20-12-13-22(21(29)16-20)31-25(35)17-36-2/h3-16,26-27H,17H2,1-2H3,(H,31,35)(H,32,37)/t26-,27-/m1/s1. The quantitative estimate of drug-likeness (QED) is 0.303. The van der Waals surface area contributed by atoms with Gasteiger partial charge in [0.05, 0.1) is 22.4 Å². The molecule has 4 aromatic rings. The number of aryl methyl sites for hydroxylation is 1. The Bertz CT molecular complexity index is 1430. The lowest BCUT2D eigenvalue weighted by Crippen LogP contribution is -2.30. The van der Waals surface area contributed by atoms with Crippen molar-refractivity contribution in [3.05, 3.63) is 107 Å². The average Bonchev–Trinajstić information content (AvgIpc) is 3.45. The minimum Gasteiger partial charge on any atom is -0.375 e. The van der Waals surface area contributed by atoms with Crippen LogP contribution < -0.4 is 15.5 Å². The van der Waals surface area contributed by atoms with Gasteiger partial charge in [-0.15, -0.1) is 0 Å². The summed E-state index contributed by atoms with van der Waals surface area (Å²) in [6.45, 7) is 2.04. The second kappa shape index (κ2) is 10.7. The summed E-state index contributed by atoms with van der Waals surface area (Å²) in [5.41, 5.74) is 5.41. The van der Waals surface area contributed by atoms with Gasteiger partial charge in [0, 0.05) is 36.1 Å². The van der Waals surface area contributed by atoms with Crippen LogP contribution in [0.2, 0.25) is 5.02 Å². The number of amides is 1. The zero-order chi connectivity index (χ0) is 25.9. The number of pyridine rings is 1. The van der Waals surface area contributed by atoms with Crippen molar-refractivity contribution in [2.24, 2.45) is 0 Å². The number of para-hydroxylation sites is 1. The molecular formula is C28H26ClN5O2S. The minimum absolute atomic E-state index is 0.0537. The monoisotopic (exact) mass is 531 g/mol. The molecule has 0 spiro atoms. The van der Waals surface area contributed by atoms with Crippen molar-refractivity contribution >= 4 is 46.2 Å². The Balaban J connectivity index is 1.61. The number of hydrogen-bond acceptors (Lipinski definition) is 4. The van der Waals surface area contributed by atoms with Crippen LogP contribution in [0.5, 0.6) is 0 Å². The van der Waals surface area contributed by atoms with E-state index in [1.807, 2.05) is 48.5 Å². The van der Waals surface area contributed by atoms with E-state index in [0.29, 0.717) is 15.8 Å². The largest absolute Gasteiger partial charge is 0.375 e. The second-order valence-corrected chi connectivity index (χ2v) is 9.51. The molecule has 1 saturated heterocycles. The summed E-state index contributed by atoms with van der Waals surface area (Å²) in [7, 11) is 1.47. The van der Waals surface area contributed by atoms with Gasteiger partial charge in [-0.05, 0) is 73.7 Å². The Morgan fingerprint density at radius 3 is 2.57 bits per heavy atom. The average molecular weight is 532 g/mol. The third-order valence-electron chi connectivity index (χ3n) is 6.30. The summed E-state index contributed by atoms with van der Waals surface area (Å²) in [6.07, 6.45) is 1.79. The van der Waals surface area contributed by atoms with Crippen LogP contribution in [0.3, 0.4) is 0 Å². The number of carbonyl (C=O) groups excluding carboxylic acids is 1. The number of ether oxygens (including phenoxy) is 1. The number of nitrogens with one attached hydrogen (secondary N) is 2. The van der Waals surface area contributed by atoms with E-state index in [4.69, 9.17) is 28.6 Å². The summed E-state index contributed by atoms with van der Waals surface area (Å²) >= 11 is 12.5. The molecule has 0 saturated carbocycles. The van der Waals surface area contributed by atoms with Crippen molar-refractivity contribution < 1.29 is 9.53 Å². The molecule has 0 unspecified atom stereocenters. The van der Waals surface area contributed by atoms with E-state index in [9.17, 15) is 4.79 Å². The maximum atomic E-state index is 12.0. The SMILES string of the molecule is COCC(=O)Nc1ccc(N2C(=S)N[C@H](c3ccccn3)[C@H]2c2ccc(C)n2-c2ccccc2)cc1Cl. The van der Waals surface area contributed by atoms with Crippen LogP contribution in [-0.2, 0) is 9.53 Å². The Labute approximate surface area is 226 Å². The molecule has 2 N–H and O–H groups in total. The van der Waals surface area contributed by atoms with E-state index in [2.05, 4.69) is 56.3 Å². The van der Waals surface area contributed by atoms with Crippen LogP contribution in [0.4, 0.5) is 11.4 Å². The number of thiocarbonyl (C=S) groups is 1. The highest BCUT2D eigenvalue weighted by molar-refractivity contribution is 7.80. The van der Waals surface area contributed by atoms with Crippen LogP contribution in [0, 0.1) is 6.92 Å². The van der Waals surface area contributed by atoms with E-state index in [1.165, 1.54) is 7.11 Å². The number of methoxy groups -OCH3 is 1. The van der Waals surface area contributed by atoms with Gasteiger partial charge in [-0.3, -0.25) is 9.78 Å². The summed E-state index contributed by atoms with van der Waals surface area (Å²) in [6, 6.07) is 25.4. The molecule has 5 rings (SSSR count). The number of nitrogens with zero attached hydrogens (tertiary/aromatic N) is 3. The molecule has 1 fully saturated rings. The van der Waals surface area contributed by atoms with Crippen LogP contribution in [0.15, 0.2) is 85.1 Å². The van der Waals surface area contributed by atoms with Crippen LogP contribution >= 0.6 is 23.8 Å². The molecule has 1 amide bonds. The van der Waals surface area contributed by atoms with Gasteiger partial charge in [0.25, 0.3) is 0 Å². The number of hydrogen-bond donors (Lipinski definition) is 2. The molecule has 0 aliphatic carbocycles. The maximum absolute atomic E-state index is 12.0. The Morgan fingerprint density at radius 2 is 1.86 bits per heavy atom. The minimum atomic E-state index is -0.278. The molecule has 2 atom stereocenters. The van der Waals surface area contributed by atoms with Gasteiger partial charge in [-0.1, -0.05) is 35.9 Å². The lowest BCUT2D eigenvalue weighted by molar-refractivity contribution is -0.119. The first-order chi connectivity index (χ1) is 18.0. The highest BCUT2D eigenvalue weighted by Crippen LogP contribution is 2.43. The normalized spacial score (nSPS) is 17.1. The van der Waals surface area contributed by atoms with Gasteiger partial charge >= 0.3 is 0 Å². The van der Waals surface area contributed by atoms with E-state index in [1.54, 1.807) is 12.3 Å². The lowest BCUT2D eigenvalue weighted by Gasteiger charge is -2.29. The molecule has 37 heavy (non-hydrogen) atoms. The topological polar surface area (TPSA) is 71.4 Å². The summed E-state index contributed by atoms with van der Waals surface area (Å²) < 4.78 is 7.14. The van der Waals surface area contributed by atoms with Crippen molar-refractivity contribution in [1.29, 1.82) is 0 Å². The highest BCUT2D eigenvalue weighted by atomic mass is 35.5.